The maximum absolute atomic E-state index is 13.8. The molecule has 2 aliphatic heterocycles. The minimum Gasteiger partial charge on any atom is -1.00 e. The van der Waals surface area contributed by atoms with Crippen LogP contribution in [-0.2, 0) is 0 Å². The average Bonchev–Trinajstić information content (AvgIpc) is 2.77. The number of nitrogens with zero attached hydrogens (tertiary/aromatic N) is 1. The van der Waals surface area contributed by atoms with Crippen LogP contribution >= 0.6 is 0 Å². The van der Waals surface area contributed by atoms with Crippen LogP contribution in [0.15, 0.2) is 54.6 Å². The second kappa shape index (κ2) is 8.00. The predicted octanol–water partition coefficient (Wildman–Crippen LogP) is 2.42. The molecule has 144 valence electrons. The number of hydrogen-bond donors (Lipinski definition) is 0. The Balaban J connectivity index is 0.00000210. The van der Waals surface area contributed by atoms with Gasteiger partial charge in [-0.3, -0.25) is 0 Å². The first kappa shape index (κ1) is 20.5. The van der Waals surface area contributed by atoms with Crippen LogP contribution in [0.1, 0.15) is 36.8 Å². The van der Waals surface area contributed by atoms with Crippen LogP contribution in [0, 0.1) is 17.6 Å². The zero-order valence-electron chi connectivity index (χ0n) is 15.8. The number of piperidine rings is 1. The molecular weight excluding hydrogens is 455 g/mol. The highest BCUT2D eigenvalue weighted by Gasteiger charge is 2.48. The summed E-state index contributed by atoms with van der Waals surface area (Å²) in [5.41, 5.74) is 2.59. The molecule has 0 aliphatic carbocycles. The SMILES string of the molecule is C[N+]1(C)[C@@H]2CC[C@H]1C[C@@H](C=C(c1cccc(F)c1)c1cccc(F)c1)C2.[I-]. The molecule has 2 aliphatic rings. The van der Waals surface area contributed by atoms with Gasteiger partial charge in [0.1, 0.15) is 11.6 Å². The van der Waals surface area contributed by atoms with Gasteiger partial charge in [-0.05, 0) is 46.9 Å². The van der Waals surface area contributed by atoms with E-state index in [1.807, 2.05) is 12.1 Å². The third-order valence-electron chi connectivity index (χ3n) is 6.54. The summed E-state index contributed by atoms with van der Waals surface area (Å²) in [5.74, 6) is -0.0576. The largest absolute Gasteiger partial charge is 1.00 e. The molecule has 0 saturated carbocycles. The van der Waals surface area contributed by atoms with Crippen LogP contribution in [0.5, 0.6) is 0 Å². The van der Waals surface area contributed by atoms with Gasteiger partial charge in [0.25, 0.3) is 0 Å². The summed E-state index contributed by atoms with van der Waals surface area (Å²) in [6.45, 7) is 0. The van der Waals surface area contributed by atoms with Gasteiger partial charge in [-0.1, -0.05) is 30.3 Å². The van der Waals surface area contributed by atoms with Crippen molar-refractivity contribution in [1.29, 1.82) is 0 Å². The molecule has 0 amide bonds. The van der Waals surface area contributed by atoms with Gasteiger partial charge in [0.15, 0.2) is 0 Å². The molecule has 0 aromatic heterocycles. The van der Waals surface area contributed by atoms with Crippen molar-refractivity contribution in [2.45, 2.75) is 37.8 Å². The Morgan fingerprint density at radius 3 is 1.81 bits per heavy atom. The van der Waals surface area contributed by atoms with E-state index in [2.05, 4.69) is 20.2 Å². The topological polar surface area (TPSA) is 0 Å². The number of benzene rings is 2. The third kappa shape index (κ3) is 4.11. The van der Waals surface area contributed by atoms with Crippen molar-refractivity contribution in [2.24, 2.45) is 5.92 Å². The minimum atomic E-state index is -0.258. The number of hydrogen-bond acceptors (Lipinski definition) is 0. The van der Waals surface area contributed by atoms with Crippen molar-refractivity contribution in [3.8, 4) is 0 Å². The fourth-order valence-electron chi connectivity index (χ4n) is 4.97. The molecule has 0 unspecified atom stereocenters. The summed E-state index contributed by atoms with van der Waals surface area (Å²) < 4.78 is 28.8. The molecule has 2 heterocycles. The van der Waals surface area contributed by atoms with Gasteiger partial charge in [-0.2, -0.15) is 0 Å². The van der Waals surface area contributed by atoms with E-state index in [-0.39, 0.29) is 35.6 Å². The van der Waals surface area contributed by atoms with E-state index in [4.69, 9.17) is 0 Å². The molecule has 2 saturated heterocycles. The molecule has 2 aromatic carbocycles. The van der Waals surface area contributed by atoms with E-state index in [0.29, 0.717) is 18.0 Å². The van der Waals surface area contributed by atoms with Crippen molar-refractivity contribution < 1.29 is 37.2 Å². The van der Waals surface area contributed by atoms with E-state index in [1.54, 1.807) is 24.3 Å². The average molecular weight is 481 g/mol. The Bertz CT molecular complexity index is 782. The summed E-state index contributed by atoms with van der Waals surface area (Å²) >= 11 is 0. The van der Waals surface area contributed by atoms with Gasteiger partial charge < -0.3 is 28.5 Å². The van der Waals surface area contributed by atoms with E-state index in [1.165, 1.54) is 25.0 Å². The van der Waals surface area contributed by atoms with Crippen molar-refractivity contribution in [3.05, 3.63) is 77.4 Å². The molecule has 0 N–H and O–H groups in total. The standard InChI is InChI=1S/C23H26F2N.HI/c1-26(2)21-9-10-22(26)12-16(11-21)13-23(17-5-3-7-19(24)14-17)18-6-4-8-20(25)15-18;/h3-8,13-16,21-22H,9-12H2,1-2H3;1H/q+1;/p-1/t16-,21+,22-;. The summed E-state index contributed by atoms with van der Waals surface area (Å²) in [7, 11) is 4.70. The van der Waals surface area contributed by atoms with E-state index in [0.717, 1.165) is 34.0 Å². The van der Waals surface area contributed by atoms with Gasteiger partial charge in [0.2, 0.25) is 0 Å². The van der Waals surface area contributed by atoms with Gasteiger partial charge >= 0.3 is 0 Å². The van der Waals surface area contributed by atoms with Gasteiger partial charge in [-0.15, -0.1) is 0 Å². The van der Waals surface area contributed by atoms with Crippen molar-refractivity contribution in [1.82, 2.24) is 0 Å². The van der Waals surface area contributed by atoms with Crippen molar-refractivity contribution >= 4 is 5.57 Å². The quantitative estimate of drug-likeness (QED) is 0.467. The van der Waals surface area contributed by atoms with Crippen molar-refractivity contribution in [3.63, 3.8) is 0 Å². The lowest BCUT2D eigenvalue weighted by Crippen LogP contribution is -3.00. The summed E-state index contributed by atoms with van der Waals surface area (Å²) in [6.07, 6.45) is 7.15. The first-order valence-electron chi connectivity index (χ1n) is 9.50. The Kier molecular flexibility index (Phi) is 6.06. The highest BCUT2D eigenvalue weighted by molar-refractivity contribution is 5.80. The predicted molar refractivity (Wildman–Crippen MR) is 102 cm³/mol. The van der Waals surface area contributed by atoms with Crippen LogP contribution in [-0.4, -0.2) is 30.7 Å². The van der Waals surface area contributed by atoms with Crippen molar-refractivity contribution in [2.75, 3.05) is 14.1 Å². The molecular formula is C23H26F2IN. The molecule has 4 rings (SSSR count). The normalized spacial score (nSPS) is 25.6. The highest BCUT2D eigenvalue weighted by Crippen LogP contribution is 2.43. The van der Waals surface area contributed by atoms with Gasteiger partial charge in [-0.25, -0.2) is 8.78 Å². The number of halogens is 3. The van der Waals surface area contributed by atoms with Crippen LogP contribution in [0.25, 0.3) is 5.57 Å². The lowest BCUT2D eigenvalue weighted by atomic mass is 9.85. The van der Waals surface area contributed by atoms with Gasteiger partial charge in [0.05, 0.1) is 26.2 Å². The van der Waals surface area contributed by atoms with Crippen LogP contribution < -0.4 is 24.0 Å². The molecule has 2 aromatic rings. The number of quaternary nitrogens is 1. The zero-order valence-corrected chi connectivity index (χ0v) is 18.0. The molecule has 0 spiro atoms. The Morgan fingerprint density at radius 1 is 0.889 bits per heavy atom. The maximum Gasteiger partial charge on any atom is 0.123 e. The second-order valence-corrected chi connectivity index (χ2v) is 8.35. The highest BCUT2D eigenvalue weighted by atomic mass is 127. The smallest absolute Gasteiger partial charge is 0.123 e. The lowest BCUT2D eigenvalue weighted by Gasteiger charge is -2.44. The number of fused-ring (bicyclic) bond motifs is 2. The zero-order chi connectivity index (χ0) is 18.3. The third-order valence-corrected chi connectivity index (χ3v) is 6.54. The van der Waals surface area contributed by atoms with E-state index < -0.39 is 0 Å². The van der Waals surface area contributed by atoms with Gasteiger partial charge in [0, 0.05) is 25.7 Å². The molecule has 3 atom stereocenters. The molecule has 0 radical (unpaired) electrons. The Hall–Kier alpha value is -1.27. The molecule has 1 nitrogen and oxygen atoms in total. The fourth-order valence-corrected chi connectivity index (χ4v) is 4.97. The summed E-state index contributed by atoms with van der Waals surface area (Å²) in [5, 5.41) is 0. The molecule has 2 bridgehead atoms. The summed E-state index contributed by atoms with van der Waals surface area (Å²) in [4.78, 5) is 0. The van der Waals surface area contributed by atoms with Crippen LogP contribution in [0.2, 0.25) is 0 Å². The fraction of sp³-hybridized carbons (Fsp3) is 0.391. The van der Waals surface area contributed by atoms with Crippen LogP contribution in [0.3, 0.4) is 0 Å². The first-order chi connectivity index (χ1) is 12.4. The Morgan fingerprint density at radius 2 is 1.37 bits per heavy atom. The summed E-state index contributed by atoms with van der Waals surface area (Å²) in [6, 6.07) is 14.7. The number of allylic oxidation sites excluding steroid dienone is 1. The second-order valence-electron chi connectivity index (χ2n) is 8.35. The van der Waals surface area contributed by atoms with E-state index >= 15 is 0 Å². The molecule has 27 heavy (non-hydrogen) atoms. The molecule has 4 heteroatoms. The van der Waals surface area contributed by atoms with E-state index in [9.17, 15) is 8.78 Å². The Labute approximate surface area is 177 Å². The minimum absolute atomic E-state index is 0. The maximum atomic E-state index is 13.8. The molecule has 2 fully saturated rings. The lowest BCUT2D eigenvalue weighted by molar-refractivity contribution is -0.931. The number of rotatable bonds is 3. The monoisotopic (exact) mass is 481 g/mol. The van der Waals surface area contributed by atoms with Crippen LogP contribution in [0.4, 0.5) is 8.78 Å². The first-order valence-corrected chi connectivity index (χ1v) is 9.50.